The largest absolute Gasteiger partial charge is 1.00 e. The molecule has 0 amide bonds. The normalized spacial score (nSPS) is 13.2. The van der Waals surface area contributed by atoms with E-state index in [9.17, 15) is 57.7 Å². The minimum absolute atomic E-state index is 0. The maximum absolute atomic E-state index is 13.6. The van der Waals surface area contributed by atoms with Crippen LogP contribution in [-0.2, 0) is 18.7 Å². The molecular formula is C50H46F2N4Na2O10P2. The fraction of sp³-hybridized carbons (Fsp3) is 0.240. The number of hydrogen-bond acceptors (Lipinski definition) is 12. The monoisotopic (exact) mass is 1010 g/mol. The molecule has 0 aliphatic rings. The molecule has 2 heterocycles. The third kappa shape index (κ3) is 17.8. The van der Waals surface area contributed by atoms with E-state index in [2.05, 4.69) is 43.1 Å². The number of halogens is 2. The molecule has 4 atom stereocenters. The first-order valence-corrected chi connectivity index (χ1v) is 24.7. The maximum Gasteiger partial charge on any atom is 1.00 e. The Balaban J connectivity index is 0.000000360. The third-order valence-electron chi connectivity index (χ3n) is 9.70. The molecule has 4 N–H and O–H groups in total. The van der Waals surface area contributed by atoms with Gasteiger partial charge in [0.2, 0.25) is 0 Å². The summed E-state index contributed by atoms with van der Waals surface area (Å²) in [7, 11) is -8.45. The van der Waals surface area contributed by atoms with Crippen molar-refractivity contribution in [3.05, 3.63) is 143 Å². The van der Waals surface area contributed by atoms with Crippen molar-refractivity contribution in [1.82, 2.24) is 19.9 Å². The van der Waals surface area contributed by atoms with Crippen LogP contribution in [0, 0.1) is 34.8 Å². The standard InChI is InChI=1S/2C25H24FN2O5P.2Na/c2*1-16(2)23-21(12-13-34(32,33)15-20(29)14-22(30)31)24(17-8-10-19(26)11-9-17)28-25(27-23)18-6-4-3-5-7-18;;/h2*3-11,16,20,29H,14-15H2,1-2H3,(H,30,31)(H,32,33);;/q;;2*+1/p-2/t2*20-;;/m00../s1. The first-order chi connectivity index (χ1) is 32.1. The van der Waals surface area contributed by atoms with Crippen LogP contribution in [0.5, 0.6) is 0 Å². The van der Waals surface area contributed by atoms with E-state index in [0.717, 1.165) is 11.1 Å². The number of carbonyl (C=O) groups excluding carboxylic acids is 2. The van der Waals surface area contributed by atoms with Gasteiger partial charge in [-0.05, 0) is 71.7 Å². The number of carboxylic acid groups (broad SMARTS) is 2. The van der Waals surface area contributed by atoms with Crippen LogP contribution in [0.4, 0.5) is 8.78 Å². The molecular weight excluding hydrogens is 962 g/mol. The predicted octanol–water partition coefficient (Wildman–Crippen LogP) is 0.315. The summed E-state index contributed by atoms with van der Waals surface area (Å²) in [5, 5.41) is 40.8. The third-order valence-corrected chi connectivity index (χ3v) is 12.5. The second-order valence-corrected chi connectivity index (χ2v) is 20.1. The Labute approximate surface area is 448 Å². The molecule has 4 aromatic carbocycles. The Hall–Kier alpha value is -4.74. The molecule has 0 aliphatic carbocycles. The number of carbonyl (C=O) groups is 2. The zero-order valence-electron chi connectivity index (χ0n) is 39.2. The van der Waals surface area contributed by atoms with Crippen LogP contribution in [-0.4, -0.2) is 76.4 Å². The summed E-state index contributed by atoms with van der Waals surface area (Å²) in [4.78, 5) is 60.4. The Bertz CT molecular complexity index is 2780. The van der Waals surface area contributed by atoms with Gasteiger partial charge in [0.05, 0.1) is 58.4 Å². The Morgan fingerprint density at radius 2 is 0.857 bits per heavy atom. The molecule has 6 aromatic rings. The number of aliphatic hydroxyl groups excluding tert-OH is 2. The molecule has 70 heavy (non-hydrogen) atoms. The van der Waals surface area contributed by atoms with Gasteiger partial charge in [-0.25, -0.2) is 28.7 Å². The first kappa shape index (κ1) is 59.6. The molecule has 6 rings (SSSR count). The maximum atomic E-state index is 13.6. The predicted molar refractivity (Wildman–Crippen MR) is 248 cm³/mol. The van der Waals surface area contributed by atoms with Crippen LogP contribution >= 0.6 is 14.7 Å². The molecule has 14 nitrogen and oxygen atoms in total. The van der Waals surface area contributed by atoms with Crippen molar-refractivity contribution in [3.63, 3.8) is 0 Å². The number of benzene rings is 4. The molecule has 0 saturated heterocycles. The number of rotatable bonds is 14. The quantitative estimate of drug-likeness (QED) is 0.0653. The topological polar surface area (TPSA) is 247 Å². The Morgan fingerprint density at radius 3 is 1.14 bits per heavy atom. The molecule has 2 unspecified atom stereocenters. The molecule has 20 heteroatoms. The van der Waals surface area contributed by atoms with Gasteiger partial charge in [0, 0.05) is 47.0 Å². The van der Waals surface area contributed by atoms with E-state index in [4.69, 9.17) is 0 Å². The summed E-state index contributed by atoms with van der Waals surface area (Å²) in [6, 6.07) is 29.7. The number of aromatic nitrogens is 4. The zero-order valence-corrected chi connectivity index (χ0v) is 45.0. The summed E-state index contributed by atoms with van der Waals surface area (Å²) in [5.74, 6) is 2.02. The summed E-state index contributed by atoms with van der Waals surface area (Å²) in [6.07, 6.45) is -6.15. The number of aliphatic carboxylic acids is 2. The van der Waals surface area contributed by atoms with Crippen LogP contribution < -0.4 is 69.3 Å². The number of nitrogens with zero attached hydrogens (tertiary/aromatic N) is 4. The summed E-state index contributed by atoms with van der Waals surface area (Å²) >= 11 is 0. The van der Waals surface area contributed by atoms with E-state index in [1.54, 1.807) is 0 Å². The number of aliphatic hydroxyl groups is 2. The van der Waals surface area contributed by atoms with Crippen molar-refractivity contribution in [2.24, 2.45) is 0 Å². The van der Waals surface area contributed by atoms with Crippen molar-refractivity contribution in [3.8, 4) is 68.5 Å². The first-order valence-electron chi connectivity index (χ1n) is 21.0. The molecule has 0 bridgehead atoms. The van der Waals surface area contributed by atoms with Crippen molar-refractivity contribution in [2.45, 2.75) is 64.6 Å². The fourth-order valence-corrected chi connectivity index (χ4v) is 8.72. The van der Waals surface area contributed by atoms with Crippen molar-refractivity contribution in [2.75, 3.05) is 12.3 Å². The minimum atomic E-state index is -4.23. The van der Waals surface area contributed by atoms with Crippen molar-refractivity contribution in [1.29, 1.82) is 0 Å². The van der Waals surface area contributed by atoms with E-state index in [0.29, 0.717) is 56.7 Å². The number of hydrogen-bond donors (Lipinski definition) is 4. The summed E-state index contributed by atoms with van der Waals surface area (Å²) < 4.78 is 52.3. The molecule has 2 aromatic heterocycles. The van der Waals surface area contributed by atoms with E-state index < -0.39 is 75.7 Å². The van der Waals surface area contributed by atoms with Gasteiger partial charge >= 0.3 is 59.1 Å². The van der Waals surface area contributed by atoms with Crippen molar-refractivity contribution >= 4 is 26.7 Å². The molecule has 352 valence electrons. The second kappa shape index (κ2) is 27.2. The smallest absolute Gasteiger partial charge is 0.550 e. The molecule has 0 fully saturated rings. The Morgan fingerprint density at radius 1 is 0.543 bits per heavy atom. The van der Waals surface area contributed by atoms with Crippen LogP contribution in [0.15, 0.2) is 109 Å². The van der Waals surface area contributed by atoms with E-state index in [1.165, 1.54) is 48.5 Å². The van der Waals surface area contributed by atoms with Gasteiger partial charge in [-0.1, -0.05) is 100 Å². The minimum Gasteiger partial charge on any atom is -0.550 e. The average Bonchev–Trinajstić information content (AvgIpc) is 3.27. The van der Waals surface area contributed by atoms with Crippen LogP contribution in [0.1, 0.15) is 74.9 Å². The van der Waals surface area contributed by atoms with Gasteiger partial charge < -0.3 is 39.8 Å². The Kier molecular flexibility index (Phi) is 23.1. The van der Waals surface area contributed by atoms with Gasteiger partial charge in [0.1, 0.15) is 11.6 Å². The molecule has 0 radical (unpaired) electrons. The summed E-state index contributed by atoms with van der Waals surface area (Å²) in [5.41, 5.74) is 9.53. The van der Waals surface area contributed by atoms with Gasteiger partial charge in [-0.3, -0.25) is 9.13 Å². The van der Waals surface area contributed by atoms with Gasteiger partial charge in [-0.15, -0.1) is 0 Å². The van der Waals surface area contributed by atoms with Crippen LogP contribution in [0.3, 0.4) is 0 Å². The zero-order chi connectivity index (χ0) is 49.8. The summed E-state index contributed by atoms with van der Waals surface area (Å²) in [6.45, 7) is 7.55. The molecule has 0 aliphatic heterocycles. The van der Waals surface area contributed by atoms with Crippen molar-refractivity contribution < 1.29 is 117 Å². The van der Waals surface area contributed by atoms with Crippen LogP contribution in [0.25, 0.3) is 45.3 Å². The van der Waals surface area contributed by atoms with Crippen LogP contribution in [0.2, 0.25) is 0 Å². The number of carboxylic acids is 2. The van der Waals surface area contributed by atoms with E-state index in [1.807, 2.05) is 88.4 Å². The molecule has 0 spiro atoms. The van der Waals surface area contributed by atoms with Gasteiger partial charge in [0.25, 0.3) is 14.7 Å². The second-order valence-electron chi connectivity index (χ2n) is 16.1. The van der Waals surface area contributed by atoms with Gasteiger partial charge in [0.15, 0.2) is 11.6 Å². The van der Waals surface area contributed by atoms with E-state index >= 15 is 0 Å². The molecule has 0 saturated carbocycles. The van der Waals surface area contributed by atoms with Gasteiger partial charge in [-0.2, -0.15) is 0 Å². The average molecular weight is 1010 g/mol. The fourth-order valence-electron chi connectivity index (χ4n) is 6.57. The SMILES string of the molecule is CC(C)c1nc(-c2ccccc2)nc(-c2ccc(F)cc2)c1C#CP(=O)(O)C[C@@H](O)CC(=O)[O-].CC(C)c1nc(-c2ccccc2)nc(-c2ccc(F)cc2)c1C#CP(=O)(O)C[C@@H](O)CC(=O)[O-].[Na+].[Na+]. The van der Waals surface area contributed by atoms with E-state index in [-0.39, 0.29) is 71.0 Å².